The molecule has 1 unspecified atom stereocenters. The molecule has 21 heavy (non-hydrogen) atoms. The van der Waals surface area contributed by atoms with Crippen LogP contribution in [-0.4, -0.2) is 22.9 Å². The van der Waals surface area contributed by atoms with Gasteiger partial charge in [0.1, 0.15) is 25.9 Å². The summed E-state index contributed by atoms with van der Waals surface area (Å²) in [5.74, 6) is 0.730. The Balaban J connectivity index is 1.95. The van der Waals surface area contributed by atoms with Crippen molar-refractivity contribution in [3.05, 3.63) is 65.7 Å². The molecule has 0 aliphatic heterocycles. The third-order valence-electron chi connectivity index (χ3n) is 3.14. The molecule has 2 aromatic rings. The van der Waals surface area contributed by atoms with Crippen LogP contribution < -0.4 is 10.5 Å². The van der Waals surface area contributed by atoms with Gasteiger partial charge in [-0.2, -0.15) is 0 Å². The van der Waals surface area contributed by atoms with Gasteiger partial charge in [0, 0.05) is 5.56 Å². The summed E-state index contributed by atoms with van der Waals surface area (Å²) in [7, 11) is 1.35. The van der Waals surface area contributed by atoms with Gasteiger partial charge >= 0.3 is 6.03 Å². The Labute approximate surface area is 123 Å². The SMILES string of the molecule is C[N+](O)(Cc1ccc(OCc2ccccc2)cc1)C(N)=O. The summed E-state index contributed by atoms with van der Waals surface area (Å²) in [6.45, 7) is 0.615. The van der Waals surface area contributed by atoms with E-state index in [1.54, 1.807) is 24.3 Å². The molecule has 3 N–H and O–H groups in total. The lowest BCUT2D eigenvalue weighted by molar-refractivity contribution is -1.03. The Hall–Kier alpha value is -2.37. The van der Waals surface area contributed by atoms with Crippen molar-refractivity contribution in [2.24, 2.45) is 5.73 Å². The number of benzene rings is 2. The van der Waals surface area contributed by atoms with Gasteiger partial charge in [-0.05, 0) is 29.8 Å². The highest BCUT2D eigenvalue weighted by atomic mass is 16.6. The summed E-state index contributed by atoms with van der Waals surface area (Å²) < 4.78 is 4.79. The van der Waals surface area contributed by atoms with E-state index in [2.05, 4.69) is 0 Å². The molecule has 5 heteroatoms. The number of nitrogens with zero attached hydrogens (tertiary/aromatic N) is 1. The first-order chi connectivity index (χ1) is 9.97. The number of hydroxylamine groups is 3. The predicted molar refractivity (Wildman–Crippen MR) is 78.5 cm³/mol. The van der Waals surface area contributed by atoms with Gasteiger partial charge in [0.15, 0.2) is 0 Å². The monoisotopic (exact) mass is 287 g/mol. The molecule has 0 aliphatic carbocycles. The van der Waals surface area contributed by atoms with Gasteiger partial charge in [-0.25, -0.2) is 10.0 Å². The molecule has 110 valence electrons. The molecule has 0 aromatic heterocycles. The lowest BCUT2D eigenvalue weighted by Crippen LogP contribution is -2.48. The smallest absolute Gasteiger partial charge is 0.446 e. The molecule has 0 saturated carbocycles. The van der Waals surface area contributed by atoms with E-state index in [1.807, 2.05) is 30.3 Å². The Bertz CT molecular complexity index is 595. The predicted octanol–water partition coefficient (Wildman–Crippen LogP) is 2.68. The standard InChI is InChI=1S/C16H18N2O3/c1-18(20,16(17)19)11-13-7-9-15(10-8-13)21-12-14-5-3-2-4-6-14/h2-10,20H,11-12H2,1H3,(H-,17,19)/p+1. The number of primary amides is 1. The quantitative estimate of drug-likeness (QED) is 0.504. The Morgan fingerprint density at radius 3 is 2.29 bits per heavy atom. The van der Waals surface area contributed by atoms with E-state index in [-0.39, 0.29) is 6.54 Å². The van der Waals surface area contributed by atoms with Gasteiger partial charge in [-0.15, -0.1) is 4.65 Å². The number of urea groups is 1. The lowest BCUT2D eigenvalue weighted by atomic mass is 10.2. The first-order valence-corrected chi connectivity index (χ1v) is 6.61. The Morgan fingerprint density at radius 1 is 1.10 bits per heavy atom. The average Bonchev–Trinajstić information content (AvgIpc) is 2.47. The van der Waals surface area contributed by atoms with Crippen LogP contribution in [0.3, 0.4) is 0 Å². The first kappa shape index (κ1) is 15.0. The number of carbonyl (C=O) groups is 1. The molecule has 0 heterocycles. The van der Waals surface area contributed by atoms with E-state index >= 15 is 0 Å². The molecule has 5 nitrogen and oxygen atoms in total. The van der Waals surface area contributed by atoms with Crippen molar-refractivity contribution in [1.82, 2.24) is 0 Å². The number of amides is 2. The number of nitrogens with two attached hydrogens (primary N) is 1. The number of hydrogen-bond acceptors (Lipinski definition) is 3. The van der Waals surface area contributed by atoms with Gasteiger partial charge in [0.25, 0.3) is 0 Å². The van der Waals surface area contributed by atoms with Crippen LogP contribution in [0.25, 0.3) is 0 Å². The fraction of sp³-hybridized carbons (Fsp3) is 0.188. The Morgan fingerprint density at radius 2 is 1.71 bits per heavy atom. The molecule has 0 spiro atoms. The van der Waals surface area contributed by atoms with E-state index in [9.17, 15) is 10.0 Å². The maximum absolute atomic E-state index is 11.1. The van der Waals surface area contributed by atoms with Crippen LogP contribution in [-0.2, 0) is 13.2 Å². The molecule has 2 aromatic carbocycles. The van der Waals surface area contributed by atoms with E-state index in [4.69, 9.17) is 10.5 Å². The van der Waals surface area contributed by atoms with Gasteiger partial charge in [0.05, 0.1) is 0 Å². The van der Waals surface area contributed by atoms with Crippen molar-refractivity contribution in [3.63, 3.8) is 0 Å². The zero-order valence-electron chi connectivity index (χ0n) is 11.9. The number of rotatable bonds is 5. The van der Waals surface area contributed by atoms with Crippen molar-refractivity contribution in [2.45, 2.75) is 13.2 Å². The van der Waals surface area contributed by atoms with Crippen molar-refractivity contribution in [3.8, 4) is 5.75 Å². The van der Waals surface area contributed by atoms with Crippen LogP contribution >= 0.6 is 0 Å². The van der Waals surface area contributed by atoms with Crippen LogP contribution in [0.1, 0.15) is 11.1 Å². The summed E-state index contributed by atoms with van der Waals surface area (Å²) in [6, 6.07) is 16.3. The first-order valence-electron chi connectivity index (χ1n) is 6.61. The molecule has 1 atom stereocenters. The van der Waals surface area contributed by atoms with Crippen LogP contribution in [0.4, 0.5) is 4.79 Å². The fourth-order valence-corrected chi connectivity index (χ4v) is 1.87. The number of hydrogen-bond donors (Lipinski definition) is 2. The van der Waals surface area contributed by atoms with Gasteiger partial charge in [-0.3, -0.25) is 0 Å². The minimum Gasteiger partial charge on any atom is -0.489 e. The normalized spacial score (nSPS) is 13.4. The minimum absolute atomic E-state index is 0.119. The summed E-state index contributed by atoms with van der Waals surface area (Å²) in [5.41, 5.74) is 7.01. The van der Waals surface area contributed by atoms with Crippen molar-refractivity contribution < 1.29 is 19.4 Å². The zero-order chi connectivity index (χ0) is 15.3. The largest absolute Gasteiger partial charge is 0.489 e. The molecule has 0 saturated heterocycles. The molecule has 0 aliphatic rings. The fourth-order valence-electron chi connectivity index (χ4n) is 1.87. The van der Waals surface area contributed by atoms with Crippen molar-refractivity contribution >= 4 is 6.03 Å². The molecular formula is C16H19N2O3+. The molecular weight excluding hydrogens is 268 g/mol. The molecule has 2 rings (SSSR count). The molecule has 0 fully saturated rings. The van der Waals surface area contributed by atoms with Crippen LogP contribution in [0.15, 0.2) is 54.6 Å². The highest BCUT2D eigenvalue weighted by molar-refractivity contribution is 5.63. The summed E-state index contributed by atoms with van der Waals surface area (Å²) in [6.07, 6.45) is 0. The second kappa shape index (κ2) is 6.39. The molecule has 0 radical (unpaired) electrons. The van der Waals surface area contributed by atoms with E-state index in [1.165, 1.54) is 7.05 Å². The lowest BCUT2D eigenvalue weighted by Gasteiger charge is -2.19. The second-order valence-electron chi connectivity index (χ2n) is 5.05. The van der Waals surface area contributed by atoms with Gasteiger partial charge < -0.3 is 10.5 Å². The van der Waals surface area contributed by atoms with Crippen molar-refractivity contribution in [2.75, 3.05) is 7.05 Å². The van der Waals surface area contributed by atoms with Gasteiger partial charge in [0.2, 0.25) is 0 Å². The highest BCUT2D eigenvalue weighted by Gasteiger charge is 2.27. The maximum Gasteiger partial charge on any atom is 0.446 e. The zero-order valence-corrected chi connectivity index (χ0v) is 11.9. The Kier molecular flexibility index (Phi) is 4.57. The van der Waals surface area contributed by atoms with E-state index < -0.39 is 10.7 Å². The van der Waals surface area contributed by atoms with Crippen molar-refractivity contribution in [1.29, 1.82) is 0 Å². The third kappa shape index (κ3) is 4.30. The van der Waals surface area contributed by atoms with E-state index in [0.717, 1.165) is 16.9 Å². The third-order valence-corrected chi connectivity index (χ3v) is 3.14. The van der Waals surface area contributed by atoms with Crippen LogP contribution in [0.5, 0.6) is 5.75 Å². The number of ether oxygens (including phenoxy) is 1. The maximum atomic E-state index is 11.1. The van der Waals surface area contributed by atoms with Crippen LogP contribution in [0, 0.1) is 0 Å². The minimum atomic E-state index is -0.871. The number of quaternary nitrogens is 1. The van der Waals surface area contributed by atoms with Gasteiger partial charge in [-0.1, -0.05) is 30.3 Å². The van der Waals surface area contributed by atoms with E-state index in [0.29, 0.717) is 6.61 Å². The summed E-state index contributed by atoms with van der Waals surface area (Å²) in [5, 5.41) is 9.80. The summed E-state index contributed by atoms with van der Waals surface area (Å²) in [4.78, 5) is 11.1. The topological polar surface area (TPSA) is 72.6 Å². The summed E-state index contributed by atoms with van der Waals surface area (Å²) >= 11 is 0. The second-order valence-corrected chi connectivity index (χ2v) is 5.05. The van der Waals surface area contributed by atoms with Crippen LogP contribution in [0.2, 0.25) is 0 Å². The molecule has 0 bridgehead atoms. The highest BCUT2D eigenvalue weighted by Crippen LogP contribution is 2.16. The average molecular weight is 287 g/mol. The number of carbonyl (C=O) groups excluding carboxylic acids is 1. The molecule has 2 amide bonds.